The Balaban J connectivity index is 2.83. The van der Waals surface area contributed by atoms with Gasteiger partial charge in [-0.05, 0) is 17.7 Å². The monoisotopic (exact) mass is 187 g/mol. The second kappa shape index (κ2) is 3.93. The van der Waals surface area contributed by atoms with Crippen LogP contribution in [0.25, 0.3) is 0 Å². The van der Waals surface area contributed by atoms with Crippen molar-refractivity contribution in [3.05, 3.63) is 29.6 Å². The number of hydrogen-bond acceptors (Lipinski definition) is 3. The molecule has 0 atom stereocenters. The van der Waals surface area contributed by atoms with E-state index in [-0.39, 0.29) is 12.0 Å². The molecule has 0 N–H and O–H groups in total. The summed E-state index contributed by atoms with van der Waals surface area (Å²) in [4.78, 5) is 13.6. The highest BCUT2D eigenvalue weighted by molar-refractivity contribution is 5.72. The van der Waals surface area contributed by atoms with Gasteiger partial charge in [0.05, 0.1) is 13.5 Å². The second-order valence-corrected chi connectivity index (χ2v) is 2.37. The van der Waals surface area contributed by atoms with Crippen molar-refractivity contribution in [2.24, 2.45) is 0 Å². The summed E-state index contributed by atoms with van der Waals surface area (Å²) in [5.74, 6) is -2.44. The normalized spacial score (nSPS) is 9.77. The molecule has 1 aromatic rings. The first-order valence-electron chi connectivity index (χ1n) is 3.50. The van der Waals surface area contributed by atoms with Crippen molar-refractivity contribution in [3.63, 3.8) is 0 Å². The molecular formula is C8H7F2NO2. The molecule has 0 saturated carbocycles. The molecule has 1 aromatic heterocycles. The maximum absolute atomic E-state index is 12.5. The van der Waals surface area contributed by atoms with Crippen LogP contribution >= 0.6 is 0 Å². The Morgan fingerprint density at radius 1 is 1.46 bits per heavy atom. The Kier molecular flexibility index (Phi) is 2.89. The van der Waals surface area contributed by atoms with Crippen molar-refractivity contribution < 1.29 is 18.3 Å². The fourth-order valence-electron chi connectivity index (χ4n) is 0.855. The second-order valence-electron chi connectivity index (χ2n) is 2.37. The third-order valence-electron chi connectivity index (χ3n) is 1.40. The summed E-state index contributed by atoms with van der Waals surface area (Å²) >= 11 is 0. The first kappa shape index (κ1) is 9.57. The van der Waals surface area contributed by atoms with Crippen molar-refractivity contribution in [3.8, 4) is 0 Å². The maximum atomic E-state index is 12.5. The molecule has 5 heteroatoms. The first-order valence-corrected chi connectivity index (χ1v) is 3.50. The smallest absolute Gasteiger partial charge is 0.309 e. The Morgan fingerprint density at radius 2 is 2.00 bits per heavy atom. The van der Waals surface area contributed by atoms with Gasteiger partial charge in [-0.1, -0.05) is 0 Å². The highest BCUT2D eigenvalue weighted by atomic mass is 19.1. The van der Waals surface area contributed by atoms with E-state index in [4.69, 9.17) is 0 Å². The number of rotatable bonds is 2. The number of aromatic nitrogens is 1. The number of carbonyl (C=O) groups is 1. The SMILES string of the molecule is COC(=O)Cc1cc(F)nc(F)c1. The molecule has 0 bridgehead atoms. The molecule has 70 valence electrons. The van der Waals surface area contributed by atoms with Gasteiger partial charge in [-0.15, -0.1) is 0 Å². The third kappa shape index (κ3) is 2.77. The van der Waals surface area contributed by atoms with Gasteiger partial charge in [-0.25, -0.2) is 0 Å². The minimum absolute atomic E-state index is 0.160. The van der Waals surface area contributed by atoms with E-state index < -0.39 is 17.9 Å². The van der Waals surface area contributed by atoms with Crippen LogP contribution in [0.5, 0.6) is 0 Å². The predicted molar refractivity (Wildman–Crippen MR) is 39.9 cm³/mol. The third-order valence-corrected chi connectivity index (χ3v) is 1.40. The molecule has 0 aliphatic heterocycles. The van der Waals surface area contributed by atoms with Crippen LogP contribution in [-0.4, -0.2) is 18.1 Å². The number of hydrogen-bond donors (Lipinski definition) is 0. The number of carbonyl (C=O) groups excluding carboxylic acids is 1. The summed E-state index contributed by atoms with van der Waals surface area (Å²) in [5, 5.41) is 0. The lowest BCUT2D eigenvalue weighted by atomic mass is 10.2. The van der Waals surface area contributed by atoms with Crippen LogP contribution in [0.2, 0.25) is 0 Å². The Morgan fingerprint density at radius 3 is 2.46 bits per heavy atom. The lowest BCUT2D eigenvalue weighted by molar-refractivity contribution is -0.139. The zero-order chi connectivity index (χ0) is 9.84. The van der Waals surface area contributed by atoms with Crippen molar-refractivity contribution in [1.82, 2.24) is 4.98 Å². The van der Waals surface area contributed by atoms with E-state index in [1.165, 1.54) is 7.11 Å². The molecule has 3 nitrogen and oxygen atoms in total. The van der Waals surface area contributed by atoms with E-state index in [0.29, 0.717) is 0 Å². The summed E-state index contributed by atoms with van der Waals surface area (Å²) in [6, 6.07) is 1.97. The van der Waals surface area contributed by atoms with Crippen LogP contribution in [0.4, 0.5) is 8.78 Å². The Bertz CT molecular complexity index is 308. The lowest BCUT2D eigenvalue weighted by Gasteiger charge is -1.99. The topological polar surface area (TPSA) is 39.2 Å². The van der Waals surface area contributed by atoms with Gasteiger partial charge in [-0.3, -0.25) is 4.79 Å². The minimum atomic E-state index is -0.945. The summed E-state index contributed by atoms with van der Waals surface area (Å²) < 4.78 is 29.3. The molecular weight excluding hydrogens is 180 g/mol. The van der Waals surface area contributed by atoms with Gasteiger partial charge < -0.3 is 4.74 Å². The average Bonchev–Trinajstić information content (AvgIpc) is 2.02. The van der Waals surface area contributed by atoms with Crippen molar-refractivity contribution >= 4 is 5.97 Å². The van der Waals surface area contributed by atoms with E-state index in [1.54, 1.807) is 0 Å². The standard InChI is InChI=1S/C8H7F2NO2/c1-13-8(12)4-5-2-6(9)11-7(10)3-5/h2-3H,4H2,1H3. The minimum Gasteiger partial charge on any atom is -0.469 e. The Hall–Kier alpha value is -1.52. The maximum Gasteiger partial charge on any atom is 0.309 e. The van der Waals surface area contributed by atoms with E-state index in [9.17, 15) is 13.6 Å². The summed E-state index contributed by atoms with van der Waals surface area (Å²) in [5.41, 5.74) is 0.205. The highest BCUT2D eigenvalue weighted by Gasteiger charge is 2.06. The van der Waals surface area contributed by atoms with E-state index >= 15 is 0 Å². The number of methoxy groups -OCH3 is 1. The molecule has 13 heavy (non-hydrogen) atoms. The largest absolute Gasteiger partial charge is 0.469 e. The Labute approximate surface area is 73.4 Å². The molecule has 0 aliphatic rings. The van der Waals surface area contributed by atoms with Gasteiger partial charge in [0.1, 0.15) is 0 Å². The van der Waals surface area contributed by atoms with Crippen molar-refractivity contribution in [2.75, 3.05) is 7.11 Å². The fourth-order valence-corrected chi connectivity index (χ4v) is 0.855. The summed E-state index contributed by atoms with van der Waals surface area (Å²) in [6.07, 6.45) is -0.160. The predicted octanol–water partition coefficient (Wildman–Crippen LogP) is 1.08. The molecule has 0 saturated heterocycles. The molecule has 0 unspecified atom stereocenters. The van der Waals surface area contributed by atoms with Gasteiger partial charge in [0.2, 0.25) is 11.9 Å². The van der Waals surface area contributed by atoms with Gasteiger partial charge in [-0.2, -0.15) is 13.8 Å². The van der Waals surface area contributed by atoms with E-state index in [1.807, 2.05) is 0 Å². The fraction of sp³-hybridized carbons (Fsp3) is 0.250. The zero-order valence-corrected chi connectivity index (χ0v) is 6.88. The molecule has 0 aliphatic carbocycles. The number of nitrogens with zero attached hydrogens (tertiary/aromatic N) is 1. The van der Waals surface area contributed by atoms with Crippen LogP contribution in [0.3, 0.4) is 0 Å². The zero-order valence-electron chi connectivity index (χ0n) is 6.88. The molecule has 0 radical (unpaired) electrons. The average molecular weight is 187 g/mol. The summed E-state index contributed by atoms with van der Waals surface area (Å²) in [7, 11) is 1.20. The van der Waals surface area contributed by atoms with Crippen LogP contribution in [0, 0.1) is 11.9 Å². The summed E-state index contributed by atoms with van der Waals surface area (Å²) in [6.45, 7) is 0. The van der Waals surface area contributed by atoms with Crippen molar-refractivity contribution in [1.29, 1.82) is 0 Å². The van der Waals surface area contributed by atoms with E-state index in [0.717, 1.165) is 12.1 Å². The van der Waals surface area contributed by atoms with Gasteiger partial charge in [0.25, 0.3) is 0 Å². The van der Waals surface area contributed by atoms with Crippen LogP contribution < -0.4 is 0 Å². The van der Waals surface area contributed by atoms with Crippen LogP contribution in [0.15, 0.2) is 12.1 Å². The number of pyridine rings is 1. The molecule has 0 fully saturated rings. The lowest BCUT2D eigenvalue weighted by Crippen LogP contribution is -2.05. The number of halogens is 2. The highest BCUT2D eigenvalue weighted by Crippen LogP contribution is 2.05. The molecule has 0 aromatic carbocycles. The molecule has 1 heterocycles. The molecule has 0 spiro atoms. The van der Waals surface area contributed by atoms with Crippen LogP contribution in [0.1, 0.15) is 5.56 Å². The first-order chi connectivity index (χ1) is 6.11. The van der Waals surface area contributed by atoms with E-state index in [2.05, 4.69) is 9.72 Å². The molecule has 0 amide bonds. The number of esters is 1. The van der Waals surface area contributed by atoms with Crippen molar-refractivity contribution in [2.45, 2.75) is 6.42 Å². The van der Waals surface area contributed by atoms with Gasteiger partial charge >= 0.3 is 5.97 Å². The van der Waals surface area contributed by atoms with Gasteiger partial charge in [0, 0.05) is 0 Å². The quantitative estimate of drug-likeness (QED) is 0.513. The van der Waals surface area contributed by atoms with Crippen LogP contribution in [-0.2, 0) is 16.0 Å². The number of ether oxygens (including phenoxy) is 1. The molecule has 1 rings (SSSR count). The van der Waals surface area contributed by atoms with Gasteiger partial charge in [0.15, 0.2) is 0 Å².